The zero-order valence-electron chi connectivity index (χ0n) is 15.6. The lowest BCUT2D eigenvalue weighted by molar-refractivity contribution is -0.138. The molecule has 1 N–H and O–H groups in total. The van der Waals surface area contributed by atoms with E-state index < -0.39 is 6.04 Å². The van der Waals surface area contributed by atoms with Gasteiger partial charge >= 0.3 is 0 Å². The first-order chi connectivity index (χ1) is 12.0. The van der Waals surface area contributed by atoms with E-state index in [9.17, 15) is 9.59 Å². The highest BCUT2D eigenvalue weighted by molar-refractivity contribution is 5.88. The van der Waals surface area contributed by atoms with Gasteiger partial charge in [-0.1, -0.05) is 31.5 Å². The summed E-state index contributed by atoms with van der Waals surface area (Å²) >= 11 is 0. The molecule has 0 aliphatic carbocycles. The highest BCUT2D eigenvalue weighted by Crippen LogP contribution is 2.14. The van der Waals surface area contributed by atoms with Gasteiger partial charge in [-0.15, -0.1) is 0 Å². The number of carbonyl (C=O) groups excluding carboxylic acids is 2. The van der Waals surface area contributed by atoms with Gasteiger partial charge in [0.05, 0.1) is 0 Å². The number of rotatable bonds is 7. The van der Waals surface area contributed by atoms with Crippen LogP contribution in [-0.2, 0) is 9.59 Å². The van der Waals surface area contributed by atoms with E-state index in [-0.39, 0.29) is 18.4 Å². The van der Waals surface area contributed by atoms with Crippen molar-refractivity contribution < 1.29 is 14.3 Å². The average Bonchev–Trinajstić information content (AvgIpc) is 2.60. The molecule has 0 aromatic heterocycles. The van der Waals surface area contributed by atoms with Gasteiger partial charge in [-0.25, -0.2) is 0 Å². The summed E-state index contributed by atoms with van der Waals surface area (Å²) in [5.74, 6) is 0.772. The minimum absolute atomic E-state index is 0.0390. The number of piperidine rings is 1. The van der Waals surface area contributed by atoms with Crippen LogP contribution < -0.4 is 10.1 Å². The van der Waals surface area contributed by atoms with E-state index in [1.54, 1.807) is 0 Å². The first kappa shape index (κ1) is 19.3. The van der Waals surface area contributed by atoms with Crippen LogP contribution in [0.25, 0.3) is 0 Å². The van der Waals surface area contributed by atoms with E-state index in [4.69, 9.17) is 4.74 Å². The number of ether oxygens (including phenoxy) is 1. The molecule has 1 fully saturated rings. The lowest BCUT2D eigenvalue weighted by Crippen LogP contribution is -2.51. The monoisotopic (exact) mass is 346 g/mol. The van der Waals surface area contributed by atoms with E-state index in [1.807, 2.05) is 36.1 Å². The molecule has 2 rings (SSSR count). The van der Waals surface area contributed by atoms with Crippen molar-refractivity contribution in [3.63, 3.8) is 0 Å². The number of nitrogens with zero attached hydrogens (tertiary/aromatic N) is 1. The number of amides is 2. The maximum atomic E-state index is 12.8. The topological polar surface area (TPSA) is 58.6 Å². The summed E-state index contributed by atoms with van der Waals surface area (Å²) in [6.45, 7) is 7.63. The molecule has 1 aromatic rings. The van der Waals surface area contributed by atoms with Crippen LogP contribution in [0, 0.1) is 12.8 Å². The van der Waals surface area contributed by atoms with E-state index in [0.29, 0.717) is 18.1 Å². The molecule has 138 valence electrons. The molecular weight excluding hydrogens is 316 g/mol. The Balaban J connectivity index is 1.89. The van der Waals surface area contributed by atoms with Crippen molar-refractivity contribution in [2.45, 2.75) is 52.5 Å². The quantitative estimate of drug-likeness (QED) is 0.826. The summed E-state index contributed by atoms with van der Waals surface area (Å²) < 4.78 is 5.52. The summed E-state index contributed by atoms with van der Waals surface area (Å²) in [4.78, 5) is 26.9. The molecule has 5 nitrogen and oxygen atoms in total. The first-order valence-electron chi connectivity index (χ1n) is 9.23. The van der Waals surface area contributed by atoms with Gasteiger partial charge in [-0.05, 0) is 50.7 Å². The standard InChI is InChI=1S/C20H30N2O3/c1-15(2)13-18(20(24)22-11-5-4-6-12-22)21-19(23)14-25-17-9-7-16(3)8-10-17/h7-10,15,18H,4-6,11-14H2,1-3H3,(H,21,23)/t18-/m0/s1. The van der Waals surface area contributed by atoms with Crippen LogP contribution in [0.5, 0.6) is 5.75 Å². The third-order valence-electron chi connectivity index (χ3n) is 4.40. The number of aryl methyl sites for hydroxylation is 1. The van der Waals surface area contributed by atoms with Gasteiger partial charge in [0, 0.05) is 13.1 Å². The molecule has 2 amide bonds. The minimum atomic E-state index is -0.466. The fraction of sp³-hybridized carbons (Fsp3) is 0.600. The van der Waals surface area contributed by atoms with Crippen LogP contribution in [0.15, 0.2) is 24.3 Å². The van der Waals surface area contributed by atoms with E-state index in [1.165, 1.54) is 6.42 Å². The second-order valence-corrected chi connectivity index (χ2v) is 7.24. The molecule has 1 atom stereocenters. The molecule has 0 saturated carbocycles. The molecule has 1 aliphatic heterocycles. The van der Waals surface area contributed by atoms with Crippen molar-refractivity contribution >= 4 is 11.8 Å². The molecule has 1 saturated heterocycles. The van der Waals surface area contributed by atoms with Crippen molar-refractivity contribution in [1.29, 1.82) is 0 Å². The first-order valence-corrected chi connectivity index (χ1v) is 9.23. The maximum absolute atomic E-state index is 12.8. The number of carbonyl (C=O) groups is 2. The van der Waals surface area contributed by atoms with Gasteiger partial charge in [-0.3, -0.25) is 9.59 Å². The molecule has 25 heavy (non-hydrogen) atoms. The highest BCUT2D eigenvalue weighted by atomic mass is 16.5. The fourth-order valence-corrected chi connectivity index (χ4v) is 3.05. The average molecular weight is 346 g/mol. The lowest BCUT2D eigenvalue weighted by atomic mass is 10.0. The highest BCUT2D eigenvalue weighted by Gasteiger charge is 2.27. The van der Waals surface area contributed by atoms with Crippen LogP contribution in [-0.4, -0.2) is 42.5 Å². The number of likely N-dealkylation sites (tertiary alicyclic amines) is 1. The van der Waals surface area contributed by atoms with E-state index in [2.05, 4.69) is 19.2 Å². The predicted octanol–water partition coefficient (Wildman–Crippen LogP) is 2.92. The van der Waals surface area contributed by atoms with Crippen LogP contribution in [0.1, 0.15) is 45.1 Å². The summed E-state index contributed by atoms with van der Waals surface area (Å²) in [5, 5.41) is 2.87. The summed E-state index contributed by atoms with van der Waals surface area (Å²) in [7, 11) is 0. The number of benzene rings is 1. The fourth-order valence-electron chi connectivity index (χ4n) is 3.05. The smallest absolute Gasteiger partial charge is 0.258 e. The Bertz CT molecular complexity index is 563. The summed E-state index contributed by atoms with van der Waals surface area (Å²) in [6.07, 6.45) is 3.91. The van der Waals surface area contributed by atoms with E-state index >= 15 is 0 Å². The Hall–Kier alpha value is -2.04. The molecule has 5 heteroatoms. The van der Waals surface area contributed by atoms with Gasteiger partial charge in [0.15, 0.2) is 6.61 Å². The van der Waals surface area contributed by atoms with Gasteiger partial charge in [0.1, 0.15) is 11.8 Å². The Morgan fingerprint density at radius 2 is 1.76 bits per heavy atom. The van der Waals surface area contributed by atoms with Gasteiger partial charge in [0.25, 0.3) is 5.91 Å². The lowest BCUT2D eigenvalue weighted by Gasteiger charge is -2.31. The molecule has 0 radical (unpaired) electrons. The second kappa shape index (κ2) is 9.44. The van der Waals surface area contributed by atoms with Crippen LogP contribution >= 0.6 is 0 Å². The molecular formula is C20H30N2O3. The third-order valence-corrected chi connectivity index (χ3v) is 4.40. The Kier molecular flexibility index (Phi) is 7.29. The van der Waals surface area contributed by atoms with Crippen LogP contribution in [0.2, 0.25) is 0 Å². The molecule has 1 heterocycles. The van der Waals surface area contributed by atoms with Crippen LogP contribution in [0.3, 0.4) is 0 Å². The van der Waals surface area contributed by atoms with Crippen molar-refractivity contribution in [3.05, 3.63) is 29.8 Å². The molecule has 0 unspecified atom stereocenters. The normalized spacial score (nSPS) is 15.8. The van der Waals surface area contributed by atoms with Gasteiger partial charge in [0.2, 0.25) is 5.91 Å². The summed E-state index contributed by atoms with van der Waals surface area (Å²) in [6, 6.07) is 7.09. The number of hydrogen-bond acceptors (Lipinski definition) is 3. The van der Waals surface area contributed by atoms with Crippen molar-refractivity contribution in [2.75, 3.05) is 19.7 Å². The van der Waals surface area contributed by atoms with E-state index in [0.717, 1.165) is 31.5 Å². The second-order valence-electron chi connectivity index (χ2n) is 7.24. The van der Waals surface area contributed by atoms with Gasteiger partial charge in [-0.2, -0.15) is 0 Å². The largest absolute Gasteiger partial charge is 0.484 e. The van der Waals surface area contributed by atoms with Crippen molar-refractivity contribution in [3.8, 4) is 5.75 Å². The van der Waals surface area contributed by atoms with Crippen molar-refractivity contribution in [2.24, 2.45) is 5.92 Å². The Morgan fingerprint density at radius 1 is 1.12 bits per heavy atom. The Morgan fingerprint density at radius 3 is 2.36 bits per heavy atom. The molecule has 0 spiro atoms. The molecule has 1 aromatic carbocycles. The summed E-state index contributed by atoms with van der Waals surface area (Å²) in [5.41, 5.74) is 1.14. The number of hydrogen-bond donors (Lipinski definition) is 1. The zero-order chi connectivity index (χ0) is 18.2. The van der Waals surface area contributed by atoms with Gasteiger partial charge < -0.3 is 15.0 Å². The predicted molar refractivity (Wildman–Crippen MR) is 98.5 cm³/mol. The SMILES string of the molecule is Cc1ccc(OCC(=O)N[C@@H](CC(C)C)C(=O)N2CCCCC2)cc1. The molecule has 1 aliphatic rings. The maximum Gasteiger partial charge on any atom is 0.258 e. The minimum Gasteiger partial charge on any atom is -0.484 e. The van der Waals surface area contributed by atoms with Crippen molar-refractivity contribution in [1.82, 2.24) is 10.2 Å². The molecule has 0 bridgehead atoms. The zero-order valence-corrected chi connectivity index (χ0v) is 15.6. The van der Waals surface area contributed by atoms with Crippen LogP contribution in [0.4, 0.5) is 0 Å². The number of nitrogens with one attached hydrogen (secondary N) is 1. The third kappa shape index (κ3) is 6.40. The Labute approximate surface area is 150 Å².